The van der Waals surface area contributed by atoms with Crippen molar-refractivity contribution in [3.05, 3.63) is 194 Å². The third-order valence-corrected chi connectivity index (χ3v) is 15.0. The second-order valence-electron chi connectivity index (χ2n) is 22.0. The van der Waals surface area contributed by atoms with Crippen LogP contribution in [0.1, 0.15) is 0 Å². The lowest BCUT2D eigenvalue weighted by molar-refractivity contribution is 0.407. The minimum absolute atomic E-state index is 0.155. The Morgan fingerprint density at radius 1 is 0.261 bits per heavy atom. The monoisotopic (exact) mass is 1240 g/mol. The molecule has 12 rings (SSSR count). The zero-order chi connectivity index (χ0) is 65.6. The van der Waals surface area contributed by atoms with Crippen LogP contribution in [0, 0.1) is 0 Å². The van der Waals surface area contributed by atoms with Gasteiger partial charge in [0.15, 0.2) is 0 Å². The largest absolute Gasteiger partial charge is 0.507 e. The molecule has 0 amide bonds. The maximum absolute atomic E-state index is 10.1. The summed E-state index contributed by atoms with van der Waals surface area (Å²) in [6.45, 7) is 0. The number of methoxy groups -OCH3 is 4. The van der Waals surface area contributed by atoms with Crippen LogP contribution in [0.2, 0.25) is 0 Å². The Bertz CT molecular complexity index is 3790. The van der Waals surface area contributed by atoms with Crippen molar-refractivity contribution in [1.82, 2.24) is 40.8 Å². The van der Waals surface area contributed by atoms with Crippen molar-refractivity contribution in [2.45, 2.75) is 0 Å². The highest BCUT2D eigenvalue weighted by Crippen LogP contribution is 2.38. The normalized spacial score (nSPS) is 10.6. The zero-order valence-corrected chi connectivity index (χ0v) is 53.5. The van der Waals surface area contributed by atoms with Crippen LogP contribution in [0.15, 0.2) is 194 Å². The van der Waals surface area contributed by atoms with Gasteiger partial charge in [0, 0.05) is 148 Å². The quantitative estimate of drug-likeness (QED) is 0.0448. The van der Waals surface area contributed by atoms with E-state index < -0.39 is 0 Å². The van der Waals surface area contributed by atoms with Crippen LogP contribution in [-0.4, -0.2) is 146 Å². The lowest BCUT2D eigenvalue weighted by Crippen LogP contribution is -2.07. The maximum Gasteiger partial charge on any atom is 0.128 e. The molecule has 0 spiro atoms. The molecular formula is C72H76N12O8. The lowest BCUT2D eigenvalue weighted by Gasteiger charge is -2.12. The van der Waals surface area contributed by atoms with E-state index in [1.807, 2.05) is 129 Å². The van der Waals surface area contributed by atoms with Crippen LogP contribution in [0.25, 0.3) is 90.1 Å². The number of hydrogen-bond acceptors (Lipinski definition) is 16. The van der Waals surface area contributed by atoms with E-state index in [0.29, 0.717) is 45.3 Å². The van der Waals surface area contributed by atoms with Gasteiger partial charge < -0.3 is 59.0 Å². The fourth-order valence-electron chi connectivity index (χ4n) is 9.62. The summed E-state index contributed by atoms with van der Waals surface area (Å²) < 4.78 is 20.4. The number of phenolic OH excluding ortho intramolecular Hbond substituents is 4. The van der Waals surface area contributed by atoms with Crippen LogP contribution in [0.3, 0.4) is 0 Å². The number of aromatic hydroxyl groups is 4. The minimum atomic E-state index is 0.155. The predicted molar refractivity (Wildman–Crippen MR) is 368 cm³/mol. The van der Waals surface area contributed by atoms with Crippen molar-refractivity contribution < 1.29 is 39.4 Å². The summed E-state index contributed by atoms with van der Waals surface area (Å²) in [6.07, 6.45) is 0. The van der Waals surface area contributed by atoms with E-state index in [2.05, 4.69) is 109 Å². The Morgan fingerprint density at radius 2 is 0.446 bits per heavy atom. The molecule has 0 aliphatic carbocycles. The van der Waals surface area contributed by atoms with Crippen LogP contribution < -0.4 is 38.5 Å². The second kappa shape index (κ2) is 29.5. The van der Waals surface area contributed by atoms with Gasteiger partial charge in [-0.2, -0.15) is 20.4 Å². The van der Waals surface area contributed by atoms with Crippen molar-refractivity contribution in [2.75, 3.05) is 104 Å². The lowest BCUT2D eigenvalue weighted by atomic mass is 10.1. The summed E-state index contributed by atoms with van der Waals surface area (Å²) in [6, 6.07) is 61.1. The van der Waals surface area contributed by atoms with Gasteiger partial charge in [0.1, 0.15) is 46.0 Å². The van der Waals surface area contributed by atoms with Crippen LogP contribution in [-0.2, 0) is 0 Å². The number of hydrogen-bond donors (Lipinski definition) is 8. The summed E-state index contributed by atoms with van der Waals surface area (Å²) in [5.74, 6) is 3.08. The molecular weight excluding hydrogens is 1160 g/mol. The second-order valence-corrected chi connectivity index (χ2v) is 22.0. The smallest absolute Gasteiger partial charge is 0.128 e. The molecule has 0 saturated carbocycles. The topological polar surface area (TPSA) is 246 Å². The number of aromatic amines is 4. The summed E-state index contributed by atoms with van der Waals surface area (Å²) in [4.78, 5) is 8.20. The van der Waals surface area contributed by atoms with Crippen LogP contribution in [0.4, 0.5) is 22.7 Å². The van der Waals surface area contributed by atoms with Crippen LogP contribution in [0.5, 0.6) is 46.0 Å². The van der Waals surface area contributed by atoms with E-state index in [9.17, 15) is 20.4 Å². The van der Waals surface area contributed by atoms with Crippen molar-refractivity contribution in [2.24, 2.45) is 0 Å². The summed E-state index contributed by atoms with van der Waals surface area (Å²) in [5.41, 5.74) is 17.8. The number of aromatic nitrogens is 8. The first-order valence-electron chi connectivity index (χ1n) is 29.2. The molecule has 8 N–H and O–H groups in total. The molecule has 0 unspecified atom stereocenters. The van der Waals surface area contributed by atoms with Gasteiger partial charge in [-0.3, -0.25) is 20.4 Å². The number of rotatable bonds is 16. The molecule has 20 nitrogen and oxygen atoms in total. The molecule has 0 fully saturated rings. The number of nitrogens with zero attached hydrogens (tertiary/aromatic N) is 8. The number of H-pyrrole nitrogens is 4. The molecule has 0 atom stereocenters. The zero-order valence-electron chi connectivity index (χ0n) is 53.5. The molecule has 0 aliphatic heterocycles. The van der Waals surface area contributed by atoms with Gasteiger partial charge in [-0.25, -0.2) is 0 Å². The average Bonchev–Trinajstić information content (AvgIpc) is 1.89. The SMILES string of the molecule is COc1ccc(-c2cc(-c3ccc(N(C)C)cc3)n[nH]2)c(O)c1.COc1ccc(-c2cc(-c3ccc(N(C)C)cc3)n[nH]2)c(O)c1.COc1ccc(-c2cc(-c3ccc(N(C)C)cc3)n[nH]2)c(O)c1.COc1ccc(-c2cc(-c3ccc(N(C)C)cc3)n[nH]2)c(O)c1. The molecule has 20 heteroatoms. The van der Waals surface area contributed by atoms with E-state index in [1.54, 1.807) is 101 Å². The van der Waals surface area contributed by atoms with Gasteiger partial charge in [-0.05, 0) is 121 Å². The van der Waals surface area contributed by atoms with Gasteiger partial charge in [0.25, 0.3) is 0 Å². The van der Waals surface area contributed by atoms with Crippen molar-refractivity contribution in [3.8, 4) is 136 Å². The van der Waals surface area contributed by atoms with Gasteiger partial charge in [0.2, 0.25) is 0 Å². The summed E-state index contributed by atoms with van der Waals surface area (Å²) in [5, 5.41) is 69.7. The summed E-state index contributed by atoms with van der Waals surface area (Å²) in [7, 11) is 22.3. The van der Waals surface area contributed by atoms with Crippen molar-refractivity contribution in [3.63, 3.8) is 0 Å². The van der Waals surface area contributed by atoms with Gasteiger partial charge in [-0.1, -0.05) is 48.5 Å². The van der Waals surface area contributed by atoms with E-state index in [-0.39, 0.29) is 23.0 Å². The Hall–Kier alpha value is -11.8. The van der Waals surface area contributed by atoms with E-state index in [1.165, 1.54) is 0 Å². The number of anilines is 4. The van der Waals surface area contributed by atoms with Crippen LogP contribution >= 0.6 is 0 Å². The van der Waals surface area contributed by atoms with Gasteiger partial charge in [0.05, 0.1) is 74.0 Å². The highest BCUT2D eigenvalue weighted by Gasteiger charge is 2.16. The molecule has 4 aromatic heterocycles. The summed E-state index contributed by atoms with van der Waals surface area (Å²) >= 11 is 0. The highest BCUT2D eigenvalue weighted by atomic mass is 16.5. The number of phenols is 4. The number of nitrogens with one attached hydrogen (secondary N) is 4. The Labute approximate surface area is 535 Å². The molecule has 472 valence electrons. The van der Waals surface area contributed by atoms with E-state index >= 15 is 0 Å². The van der Waals surface area contributed by atoms with Gasteiger partial charge in [-0.15, -0.1) is 0 Å². The Kier molecular flexibility index (Phi) is 20.7. The van der Waals surface area contributed by atoms with Crippen molar-refractivity contribution in [1.29, 1.82) is 0 Å². The average molecular weight is 1240 g/mol. The number of ether oxygens (including phenoxy) is 4. The fraction of sp³-hybridized carbons (Fsp3) is 0.167. The Morgan fingerprint density at radius 3 is 0.598 bits per heavy atom. The van der Waals surface area contributed by atoms with E-state index in [4.69, 9.17) is 18.9 Å². The first kappa shape index (κ1) is 64.7. The Balaban J connectivity index is 0.000000145. The third-order valence-electron chi connectivity index (χ3n) is 15.0. The molecule has 4 heterocycles. The predicted octanol–water partition coefficient (Wildman–Crippen LogP) is 14.1. The number of benzene rings is 8. The molecule has 8 aromatic carbocycles. The third kappa shape index (κ3) is 15.7. The molecule has 0 radical (unpaired) electrons. The fourth-order valence-corrected chi connectivity index (χ4v) is 9.62. The first-order chi connectivity index (χ1) is 44.3. The standard InChI is InChI=1S/4C18H19N3O2/c4*1-21(2)13-6-4-12(5-7-13)16-11-17(20-19-16)15-9-8-14(23-3)10-18(15)22/h4*4-11,22H,1-3H3,(H,19,20). The molecule has 0 saturated heterocycles. The molecule has 0 aliphatic rings. The van der Waals surface area contributed by atoms with Crippen molar-refractivity contribution >= 4 is 22.7 Å². The highest BCUT2D eigenvalue weighted by molar-refractivity contribution is 5.77. The minimum Gasteiger partial charge on any atom is -0.507 e. The first-order valence-corrected chi connectivity index (χ1v) is 29.2. The maximum atomic E-state index is 10.1. The molecule has 12 aromatic rings. The molecule has 92 heavy (non-hydrogen) atoms. The molecule has 0 bridgehead atoms. The van der Waals surface area contributed by atoms with E-state index in [0.717, 1.165) is 90.6 Å². The van der Waals surface area contributed by atoms with Gasteiger partial charge >= 0.3 is 0 Å².